The third-order valence-corrected chi connectivity index (χ3v) is 3.89. The number of ether oxygens (including phenoxy) is 1. The van der Waals surface area contributed by atoms with Gasteiger partial charge in [0.25, 0.3) is 0 Å². The Labute approximate surface area is 141 Å². The number of hydrogen-bond acceptors (Lipinski definition) is 3. The SMILES string of the molecule is CC[C@@H](CO)NCc1cc(Cl)ccc1OCc1ccccc1F. The van der Waals surface area contributed by atoms with Gasteiger partial charge in [-0.05, 0) is 30.7 Å². The van der Waals surface area contributed by atoms with E-state index in [4.69, 9.17) is 16.3 Å². The number of halogens is 2. The van der Waals surface area contributed by atoms with E-state index < -0.39 is 0 Å². The summed E-state index contributed by atoms with van der Waals surface area (Å²) < 4.78 is 19.4. The molecule has 0 saturated heterocycles. The molecule has 5 heteroatoms. The summed E-state index contributed by atoms with van der Waals surface area (Å²) in [4.78, 5) is 0. The van der Waals surface area contributed by atoms with Crippen LogP contribution in [0.3, 0.4) is 0 Å². The van der Waals surface area contributed by atoms with E-state index in [0.29, 0.717) is 22.9 Å². The zero-order chi connectivity index (χ0) is 16.7. The fourth-order valence-electron chi connectivity index (χ4n) is 2.19. The van der Waals surface area contributed by atoms with Gasteiger partial charge in [-0.3, -0.25) is 0 Å². The number of nitrogens with one attached hydrogen (secondary N) is 1. The van der Waals surface area contributed by atoms with Gasteiger partial charge in [-0.15, -0.1) is 0 Å². The van der Waals surface area contributed by atoms with Crippen LogP contribution in [0, 0.1) is 5.82 Å². The van der Waals surface area contributed by atoms with Gasteiger partial charge in [-0.2, -0.15) is 0 Å². The van der Waals surface area contributed by atoms with E-state index in [-0.39, 0.29) is 25.1 Å². The summed E-state index contributed by atoms with van der Waals surface area (Å²) in [6.07, 6.45) is 0.822. The smallest absolute Gasteiger partial charge is 0.129 e. The number of hydrogen-bond donors (Lipinski definition) is 2. The van der Waals surface area contributed by atoms with Crippen LogP contribution in [0.25, 0.3) is 0 Å². The van der Waals surface area contributed by atoms with E-state index in [2.05, 4.69) is 5.32 Å². The molecule has 124 valence electrons. The zero-order valence-corrected chi connectivity index (χ0v) is 13.8. The maximum atomic E-state index is 13.7. The van der Waals surface area contributed by atoms with Crippen molar-refractivity contribution in [3.8, 4) is 5.75 Å². The summed E-state index contributed by atoms with van der Waals surface area (Å²) >= 11 is 6.05. The minimum Gasteiger partial charge on any atom is -0.488 e. The Bertz CT molecular complexity index is 632. The first-order valence-electron chi connectivity index (χ1n) is 7.63. The molecule has 0 unspecified atom stereocenters. The Balaban J connectivity index is 2.07. The van der Waals surface area contributed by atoms with Crippen LogP contribution in [0.2, 0.25) is 5.02 Å². The van der Waals surface area contributed by atoms with Gasteiger partial charge in [-0.1, -0.05) is 36.7 Å². The van der Waals surface area contributed by atoms with Gasteiger partial charge in [0.2, 0.25) is 0 Å². The van der Waals surface area contributed by atoms with E-state index in [1.165, 1.54) is 6.07 Å². The highest BCUT2D eigenvalue weighted by molar-refractivity contribution is 6.30. The molecule has 0 aliphatic carbocycles. The molecule has 0 fully saturated rings. The summed E-state index contributed by atoms with van der Waals surface area (Å²) in [5.41, 5.74) is 1.38. The van der Waals surface area contributed by atoms with Crippen molar-refractivity contribution >= 4 is 11.6 Å². The molecule has 2 aromatic carbocycles. The first kappa shape index (κ1) is 17.7. The van der Waals surface area contributed by atoms with Gasteiger partial charge in [0.1, 0.15) is 18.2 Å². The highest BCUT2D eigenvalue weighted by Crippen LogP contribution is 2.24. The van der Waals surface area contributed by atoms with E-state index >= 15 is 0 Å². The van der Waals surface area contributed by atoms with Crippen LogP contribution in [0.1, 0.15) is 24.5 Å². The highest BCUT2D eigenvalue weighted by Gasteiger charge is 2.10. The van der Waals surface area contributed by atoms with Crippen molar-refractivity contribution in [3.63, 3.8) is 0 Å². The summed E-state index contributed by atoms with van der Waals surface area (Å²) in [7, 11) is 0. The summed E-state index contributed by atoms with van der Waals surface area (Å²) in [6, 6.07) is 11.9. The lowest BCUT2D eigenvalue weighted by molar-refractivity contribution is 0.237. The molecule has 0 saturated carbocycles. The number of benzene rings is 2. The second-order valence-corrected chi connectivity index (χ2v) is 5.74. The van der Waals surface area contributed by atoms with E-state index in [9.17, 15) is 9.50 Å². The average Bonchev–Trinajstić information content (AvgIpc) is 2.56. The molecular weight excluding hydrogens is 317 g/mol. The van der Waals surface area contributed by atoms with Crippen molar-refractivity contribution in [1.82, 2.24) is 5.32 Å². The Hall–Kier alpha value is -1.62. The van der Waals surface area contributed by atoms with Crippen molar-refractivity contribution in [2.75, 3.05) is 6.61 Å². The maximum Gasteiger partial charge on any atom is 0.129 e. The number of aliphatic hydroxyl groups is 1. The monoisotopic (exact) mass is 337 g/mol. The standard InChI is InChI=1S/C18H21ClFNO2/c1-2-16(11-22)21-10-14-9-15(19)7-8-18(14)23-12-13-5-3-4-6-17(13)20/h3-9,16,21-22H,2,10-12H2,1H3/t16-/m0/s1. The van der Waals surface area contributed by atoms with Crippen LogP contribution in [-0.2, 0) is 13.2 Å². The zero-order valence-electron chi connectivity index (χ0n) is 13.1. The molecule has 0 spiro atoms. The van der Waals surface area contributed by atoms with Crippen LogP contribution in [-0.4, -0.2) is 17.8 Å². The number of aliphatic hydroxyl groups excluding tert-OH is 1. The van der Waals surface area contributed by atoms with Crippen LogP contribution in [0.15, 0.2) is 42.5 Å². The van der Waals surface area contributed by atoms with E-state index in [1.807, 2.05) is 13.0 Å². The fraction of sp³-hybridized carbons (Fsp3) is 0.333. The Kier molecular flexibility index (Phi) is 6.84. The molecule has 23 heavy (non-hydrogen) atoms. The van der Waals surface area contributed by atoms with E-state index in [1.54, 1.807) is 30.3 Å². The molecule has 0 bridgehead atoms. The maximum absolute atomic E-state index is 13.7. The Morgan fingerprint density at radius 3 is 2.70 bits per heavy atom. The van der Waals surface area contributed by atoms with Crippen LogP contribution in [0.5, 0.6) is 5.75 Å². The molecule has 0 aliphatic rings. The van der Waals surface area contributed by atoms with Crippen molar-refractivity contribution in [2.45, 2.75) is 32.5 Å². The van der Waals surface area contributed by atoms with Gasteiger partial charge >= 0.3 is 0 Å². The molecule has 0 heterocycles. The lowest BCUT2D eigenvalue weighted by Gasteiger charge is -2.17. The first-order chi connectivity index (χ1) is 11.1. The summed E-state index contributed by atoms with van der Waals surface area (Å²) in [6.45, 7) is 2.74. The van der Waals surface area contributed by atoms with Gasteiger partial charge in [0.15, 0.2) is 0 Å². The molecule has 3 nitrogen and oxygen atoms in total. The van der Waals surface area contributed by atoms with Gasteiger partial charge in [-0.25, -0.2) is 4.39 Å². The molecule has 0 aromatic heterocycles. The molecule has 2 N–H and O–H groups in total. The first-order valence-corrected chi connectivity index (χ1v) is 8.00. The molecule has 0 aliphatic heterocycles. The second-order valence-electron chi connectivity index (χ2n) is 5.30. The normalized spacial score (nSPS) is 12.2. The van der Waals surface area contributed by atoms with Crippen molar-refractivity contribution in [1.29, 1.82) is 0 Å². The molecular formula is C18H21ClFNO2. The van der Waals surface area contributed by atoms with Crippen LogP contribution in [0.4, 0.5) is 4.39 Å². The highest BCUT2D eigenvalue weighted by atomic mass is 35.5. The molecule has 2 aromatic rings. The van der Waals surface area contributed by atoms with Crippen LogP contribution >= 0.6 is 11.6 Å². The molecule has 2 rings (SSSR count). The molecule has 0 radical (unpaired) electrons. The molecule has 1 atom stereocenters. The lowest BCUT2D eigenvalue weighted by Crippen LogP contribution is -2.31. The summed E-state index contributed by atoms with van der Waals surface area (Å²) in [5, 5.41) is 13.1. The predicted molar refractivity (Wildman–Crippen MR) is 90.2 cm³/mol. The van der Waals surface area contributed by atoms with Crippen molar-refractivity contribution < 1.29 is 14.2 Å². The third-order valence-electron chi connectivity index (χ3n) is 3.66. The number of rotatable bonds is 8. The fourth-order valence-corrected chi connectivity index (χ4v) is 2.38. The van der Waals surface area contributed by atoms with Crippen molar-refractivity contribution in [2.24, 2.45) is 0 Å². The minimum absolute atomic E-state index is 0.0217. The Morgan fingerprint density at radius 1 is 1.22 bits per heavy atom. The topological polar surface area (TPSA) is 41.5 Å². The van der Waals surface area contributed by atoms with Gasteiger partial charge < -0.3 is 15.2 Å². The minimum atomic E-state index is -0.285. The van der Waals surface area contributed by atoms with Gasteiger partial charge in [0, 0.05) is 28.7 Å². The third kappa shape index (κ3) is 5.20. The average molecular weight is 338 g/mol. The largest absolute Gasteiger partial charge is 0.488 e. The summed E-state index contributed by atoms with van der Waals surface area (Å²) in [5.74, 6) is 0.366. The quantitative estimate of drug-likeness (QED) is 0.767. The predicted octanol–water partition coefficient (Wildman–Crippen LogP) is 3.92. The second kappa shape index (κ2) is 8.87. The van der Waals surface area contributed by atoms with E-state index in [0.717, 1.165) is 12.0 Å². The van der Waals surface area contributed by atoms with Gasteiger partial charge in [0.05, 0.1) is 6.61 Å². The lowest BCUT2D eigenvalue weighted by atomic mass is 10.1. The molecule has 0 amide bonds. The Morgan fingerprint density at radius 2 is 2.00 bits per heavy atom. The van der Waals surface area contributed by atoms with Crippen molar-refractivity contribution in [3.05, 3.63) is 64.4 Å². The van der Waals surface area contributed by atoms with Crippen LogP contribution < -0.4 is 10.1 Å².